The molecule has 0 N–H and O–H groups in total. The third kappa shape index (κ3) is 6.53. The Balaban J connectivity index is 1.89. The molecular weight excluding hydrogens is 522 g/mol. The molecule has 0 atom stereocenters. The van der Waals surface area contributed by atoms with Gasteiger partial charge in [-0.25, -0.2) is 14.6 Å². The van der Waals surface area contributed by atoms with E-state index in [9.17, 15) is 29.3 Å². The zero-order valence-corrected chi connectivity index (χ0v) is 21.2. The Morgan fingerprint density at radius 3 is 2.05 bits per heavy atom. The number of furan rings is 1. The fourth-order valence-corrected chi connectivity index (χ4v) is 3.30. The van der Waals surface area contributed by atoms with Crippen molar-refractivity contribution in [3.63, 3.8) is 0 Å². The third-order valence-corrected chi connectivity index (χ3v) is 5.10. The highest BCUT2D eigenvalue weighted by molar-refractivity contribution is 6.30. The Kier molecular flexibility index (Phi) is 8.48. The van der Waals surface area contributed by atoms with Gasteiger partial charge in [0.25, 0.3) is 11.8 Å². The van der Waals surface area contributed by atoms with Crippen LogP contribution in [0.2, 0.25) is 5.02 Å². The first-order chi connectivity index (χ1) is 17.9. The summed E-state index contributed by atoms with van der Waals surface area (Å²) in [5.41, 5.74) is -0.908. The highest BCUT2D eigenvalue weighted by Crippen LogP contribution is 2.24. The average Bonchev–Trinajstić information content (AvgIpc) is 3.37. The summed E-state index contributed by atoms with van der Waals surface area (Å²) in [5.74, 6) is -3.95. The number of ether oxygens (including phenoxy) is 2. The van der Waals surface area contributed by atoms with E-state index >= 15 is 0 Å². The van der Waals surface area contributed by atoms with Gasteiger partial charge in [0, 0.05) is 16.1 Å². The number of nitrogens with zero attached hydrogens (tertiary/aromatic N) is 3. The quantitative estimate of drug-likeness (QED) is 0.179. The van der Waals surface area contributed by atoms with Crippen LogP contribution in [0.3, 0.4) is 0 Å². The van der Waals surface area contributed by atoms with Crippen LogP contribution in [0.4, 0.5) is 10.7 Å². The molecule has 0 fully saturated rings. The molecule has 38 heavy (non-hydrogen) atoms. The second-order valence-electron chi connectivity index (χ2n) is 8.63. The van der Waals surface area contributed by atoms with Gasteiger partial charge in [-0.3, -0.25) is 19.7 Å². The lowest BCUT2D eigenvalue weighted by atomic mass is 10.1. The molecule has 1 aromatic heterocycles. The maximum atomic E-state index is 13.5. The number of nitro groups is 1. The predicted octanol–water partition coefficient (Wildman–Crippen LogP) is 5.09. The molecule has 3 aromatic rings. The molecule has 0 aliphatic carbocycles. The maximum absolute atomic E-state index is 13.5. The van der Waals surface area contributed by atoms with Gasteiger partial charge >= 0.3 is 17.9 Å². The van der Waals surface area contributed by atoms with E-state index in [1.54, 1.807) is 39.0 Å². The van der Waals surface area contributed by atoms with Crippen LogP contribution < -0.4 is 0 Å². The molecule has 0 saturated carbocycles. The number of amides is 3. The number of rotatable bonds is 6. The lowest BCUT2D eigenvalue weighted by molar-refractivity contribution is -0.402. The van der Waals surface area contributed by atoms with Crippen LogP contribution in [0.25, 0.3) is 0 Å². The van der Waals surface area contributed by atoms with Gasteiger partial charge < -0.3 is 13.9 Å². The minimum Gasteiger partial charge on any atom is -0.422 e. The molecule has 198 valence electrons. The van der Waals surface area contributed by atoms with Gasteiger partial charge in [0.05, 0.1) is 11.6 Å². The van der Waals surface area contributed by atoms with Crippen molar-refractivity contribution in [1.29, 1.82) is 0 Å². The van der Waals surface area contributed by atoms with E-state index in [0.717, 1.165) is 17.1 Å². The fourth-order valence-electron chi connectivity index (χ4n) is 3.17. The van der Waals surface area contributed by atoms with E-state index < -0.39 is 52.8 Å². The predicted molar refractivity (Wildman–Crippen MR) is 132 cm³/mol. The topological polar surface area (TPSA) is 150 Å². The van der Waals surface area contributed by atoms with Crippen molar-refractivity contribution in [3.05, 3.63) is 98.8 Å². The summed E-state index contributed by atoms with van der Waals surface area (Å²) >= 11 is 5.92. The first-order valence-corrected chi connectivity index (χ1v) is 11.4. The largest absolute Gasteiger partial charge is 0.439 e. The molecule has 0 radical (unpaired) electrons. The molecule has 3 amide bonds. The van der Waals surface area contributed by atoms with Crippen LogP contribution in [0.15, 0.2) is 71.1 Å². The molecule has 0 bridgehead atoms. The number of hydrogen-bond acceptors (Lipinski definition) is 9. The van der Waals surface area contributed by atoms with Gasteiger partial charge in [-0.1, -0.05) is 29.8 Å². The normalized spacial score (nSPS) is 10.8. The molecule has 1 heterocycles. The summed E-state index contributed by atoms with van der Waals surface area (Å²) in [5, 5.41) is 12.5. The van der Waals surface area contributed by atoms with Crippen LogP contribution in [-0.4, -0.2) is 51.1 Å². The number of imide groups is 1. The highest BCUT2D eigenvalue weighted by atomic mass is 35.5. The molecule has 12 nitrogen and oxygen atoms in total. The standard InChI is InChI=1S/C25H22ClN3O9/c1-25(2,3)28(22(31)16-7-5-4-6-8-16)27(21(30)17-9-11-18(26)12-10-17)24(33)37-15-36-23(32)19-13-14-20(38-19)29(34)35/h4-14H,15H2,1-3H3. The molecule has 0 saturated heterocycles. The van der Waals surface area contributed by atoms with Gasteiger partial charge in [-0.05, 0) is 63.2 Å². The summed E-state index contributed by atoms with van der Waals surface area (Å²) in [6.07, 6.45) is -1.33. The Morgan fingerprint density at radius 2 is 1.50 bits per heavy atom. The molecule has 2 aromatic carbocycles. The van der Waals surface area contributed by atoms with Crippen molar-refractivity contribution in [1.82, 2.24) is 10.0 Å². The number of benzene rings is 2. The zero-order valence-electron chi connectivity index (χ0n) is 20.5. The van der Waals surface area contributed by atoms with E-state index in [0.29, 0.717) is 10.0 Å². The summed E-state index contributed by atoms with van der Waals surface area (Å²) in [6, 6.07) is 15.5. The van der Waals surface area contributed by atoms with Crippen LogP contribution >= 0.6 is 11.6 Å². The summed E-state index contributed by atoms with van der Waals surface area (Å²) in [6.45, 7) is 3.82. The van der Waals surface area contributed by atoms with Gasteiger partial charge in [0.15, 0.2) is 0 Å². The van der Waals surface area contributed by atoms with Gasteiger partial charge in [-0.15, -0.1) is 5.01 Å². The Bertz CT molecular complexity index is 1350. The van der Waals surface area contributed by atoms with E-state index in [1.165, 1.54) is 36.4 Å². The van der Waals surface area contributed by atoms with Crippen LogP contribution in [0.5, 0.6) is 0 Å². The number of carbonyl (C=O) groups excluding carboxylic acids is 4. The highest BCUT2D eigenvalue weighted by Gasteiger charge is 2.41. The van der Waals surface area contributed by atoms with Crippen molar-refractivity contribution in [3.8, 4) is 0 Å². The lowest BCUT2D eigenvalue weighted by Gasteiger charge is -2.41. The first-order valence-electron chi connectivity index (χ1n) is 11.0. The summed E-state index contributed by atoms with van der Waals surface area (Å²) in [4.78, 5) is 62.2. The van der Waals surface area contributed by atoms with E-state index in [4.69, 9.17) is 25.5 Å². The zero-order chi connectivity index (χ0) is 28.0. The van der Waals surface area contributed by atoms with Gasteiger partial charge in [-0.2, -0.15) is 0 Å². The summed E-state index contributed by atoms with van der Waals surface area (Å²) < 4.78 is 14.5. The molecule has 0 aliphatic rings. The number of hydrogen-bond donors (Lipinski definition) is 0. The van der Waals surface area contributed by atoms with Crippen molar-refractivity contribution < 1.29 is 38.0 Å². The van der Waals surface area contributed by atoms with Crippen molar-refractivity contribution in [2.24, 2.45) is 0 Å². The van der Waals surface area contributed by atoms with Crippen LogP contribution in [0.1, 0.15) is 52.0 Å². The number of hydrazine groups is 1. The molecule has 0 aliphatic heterocycles. The third-order valence-electron chi connectivity index (χ3n) is 4.85. The van der Waals surface area contributed by atoms with Gasteiger partial charge in [0.2, 0.25) is 12.6 Å². The molecular formula is C25H22ClN3O9. The molecule has 0 spiro atoms. The van der Waals surface area contributed by atoms with E-state index in [1.807, 2.05) is 0 Å². The number of esters is 1. The Hall–Kier alpha value is -4.71. The van der Waals surface area contributed by atoms with Crippen LogP contribution in [0, 0.1) is 10.1 Å². The van der Waals surface area contributed by atoms with E-state index in [2.05, 4.69) is 0 Å². The SMILES string of the molecule is CC(C)(C)N(C(=O)c1ccccc1)N(C(=O)OCOC(=O)c1ccc([N+](=O)[O-])o1)C(=O)c1ccc(Cl)cc1. The lowest BCUT2D eigenvalue weighted by Crippen LogP contribution is -2.60. The van der Waals surface area contributed by atoms with Crippen molar-refractivity contribution in [2.45, 2.75) is 26.3 Å². The van der Waals surface area contributed by atoms with Crippen LogP contribution in [-0.2, 0) is 9.47 Å². The Labute approximate surface area is 221 Å². The fraction of sp³-hybridized carbons (Fsp3) is 0.200. The number of carbonyl (C=O) groups is 4. The monoisotopic (exact) mass is 543 g/mol. The second kappa shape index (κ2) is 11.6. The second-order valence-corrected chi connectivity index (χ2v) is 9.07. The van der Waals surface area contributed by atoms with Crippen molar-refractivity contribution >= 4 is 41.4 Å². The Morgan fingerprint density at radius 1 is 0.895 bits per heavy atom. The van der Waals surface area contributed by atoms with E-state index in [-0.39, 0.29) is 11.1 Å². The first kappa shape index (κ1) is 27.9. The maximum Gasteiger partial charge on any atom is 0.439 e. The average molecular weight is 544 g/mol. The number of halogens is 1. The molecule has 0 unspecified atom stereocenters. The minimum absolute atomic E-state index is 0.0151. The molecule has 13 heteroatoms. The van der Waals surface area contributed by atoms with Gasteiger partial charge in [0.1, 0.15) is 4.92 Å². The minimum atomic E-state index is -1.33. The molecule has 3 rings (SSSR count). The summed E-state index contributed by atoms with van der Waals surface area (Å²) in [7, 11) is 0. The van der Waals surface area contributed by atoms with Crippen molar-refractivity contribution in [2.75, 3.05) is 6.79 Å². The smallest absolute Gasteiger partial charge is 0.422 e.